The van der Waals surface area contributed by atoms with Gasteiger partial charge in [-0.05, 0) is 47.0 Å². The molecular formula is C14H15BrFN3O. The monoisotopic (exact) mass is 339 g/mol. The molecule has 1 N–H and O–H groups in total. The van der Waals surface area contributed by atoms with Crippen LogP contribution in [0.15, 0.2) is 33.7 Å². The van der Waals surface area contributed by atoms with Crippen molar-refractivity contribution in [3.8, 4) is 0 Å². The molecule has 4 nitrogen and oxygen atoms in total. The van der Waals surface area contributed by atoms with Crippen molar-refractivity contribution < 1.29 is 4.39 Å². The second-order valence-electron chi connectivity index (χ2n) is 4.68. The molecule has 0 saturated heterocycles. The van der Waals surface area contributed by atoms with E-state index in [1.54, 1.807) is 26.2 Å². The number of benzene rings is 1. The van der Waals surface area contributed by atoms with Gasteiger partial charge in [0.25, 0.3) is 5.56 Å². The standard InChI is InChI=1S/C14H15BrFN3O/c1-8-4-5-10(6-11(8)16)9(2)18-12-7-17-19(3)14(20)13(12)15/h4-7,9,18H,1-3H3. The molecule has 0 saturated carbocycles. The zero-order chi connectivity index (χ0) is 14.9. The van der Waals surface area contributed by atoms with E-state index in [4.69, 9.17) is 0 Å². The summed E-state index contributed by atoms with van der Waals surface area (Å²) in [7, 11) is 1.58. The molecule has 1 heterocycles. The van der Waals surface area contributed by atoms with E-state index >= 15 is 0 Å². The van der Waals surface area contributed by atoms with Gasteiger partial charge in [0.2, 0.25) is 0 Å². The fraction of sp³-hybridized carbons (Fsp3) is 0.286. The van der Waals surface area contributed by atoms with Gasteiger partial charge < -0.3 is 5.32 Å². The summed E-state index contributed by atoms with van der Waals surface area (Å²) in [6.07, 6.45) is 1.56. The third-order valence-electron chi connectivity index (χ3n) is 3.15. The van der Waals surface area contributed by atoms with Crippen molar-refractivity contribution in [2.75, 3.05) is 5.32 Å². The van der Waals surface area contributed by atoms with Gasteiger partial charge in [0.1, 0.15) is 10.3 Å². The fourth-order valence-electron chi connectivity index (χ4n) is 1.81. The van der Waals surface area contributed by atoms with Crippen LogP contribution in [-0.4, -0.2) is 9.78 Å². The molecule has 0 bridgehead atoms. The molecule has 6 heteroatoms. The van der Waals surface area contributed by atoms with Crippen LogP contribution < -0.4 is 10.9 Å². The van der Waals surface area contributed by atoms with Gasteiger partial charge in [0.15, 0.2) is 0 Å². The van der Waals surface area contributed by atoms with Crippen LogP contribution in [0.3, 0.4) is 0 Å². The maximum Gasteiger partial charge on any atom is 0.282 e. The lowest BCUT2D eigenvalue weighted by molar-refractivity contribution is 0.614. The Kier molecular flexibility index (Phi) is 4.23. The Morgan fingerprint density at radius 2 is 2.15 bits per heavy atom. The van der Waals surface area contributed by atoms with Gasteiger partial charge >= 0.3 is 0 Å². The Morgan fingerprint density at radius 1 is 1.45 bits per heavy atom. The topological polar surface area (TPSA) is 46.9 Å². The molecule has 0 aliphatic carbocycles. The van der Waals surface area contributed by atoms with Gasteiger partial charge in [-0.2, -0.15) is 5.10 Å². The minimum atomic E-state index is -0.239. The molecule has 0 spiro atoms. The van der Waals surface area contributed by atoms with Gasteiger partial charge in [-0.25, -0.2) is 9.07 Å². The van der Waals surface area contributed by atoms with E-state index in [1.165, 1.54) is 10.7 Å². The Bertz CT molecular complexity index is 699. The lowest BCUT2D eigenvalue weighted by Crippen LogP contribution is -2.22. The number of anilines is 1. The number of hydrogen-bond donors (Lipinski definition) is 1. The molecule has 106 valence electrons. The quantitative estimate of drug-likeness (QED) is 0.934. The van der Waals surface area contributed by atoms with E-state index in [1.807, 2.05) is 13.0 Å². The lowest BCUT2D eigenvalue weighted by Gasteiger charge is -2.17. The smallest absolute Gasteiger partial charge is 0.282 e. The molecule has 0 radical (unpaired) electrons. The number of rotatable bonds is 3. The van der Waals surface area contributed by atoms with Crippen LogP contribution in [-0.2, 0) is 7.05 Å². The van der Waals surface area contributed by atoms with E-state index in [-0.39, 0.29) is 17.4 Å². The van der Waals surface area contributed by atoms with Crippen LogP contribution in [0.2, 0.25) is 0 Å². The first-order valence-corrected chi connectivity index (χ1v) is 6.94. The number of aryl methyl sites for hydroxylation is 2. The second-order valence-corrected chi connectivity index (χ2v) is 5.47. The van der Waals surface area contributed by atoms with Crippen LogP contribution in [0.1, 0.15) is 24.1 Å². The first-order valence-electron chi connectivity index (χ1n) is 6.14. The minimum Gasteiger partial charge on any atom is -0.376 e. The van der Waals surface area contributed by atoms with E-state index in [9.17, 15) is 9.18 Å². The van der Waals surface area contributed by atoms with Gasteiger partial charge in [-0.1, -0.05) is 12.1 Å². The summed E-state index contributed by atoms with van der Waals surface area (Å²) in [5, 5.41) is 7.11. The molecule has 0 amide bonds. The van der Waals surface area contributed by atoms with Crippen molar-refractivity contribution in [2.45, 2.75) is 19.9 Å². The first-order chi connectivity index (χ1) is 9.40. The van der Waals surface area contributed by atoms with Crippen LogP contribution in [0.4, 0.5) is 10.1 Å². The number of hydrogen-bond acceptors (Lipinski definition) is 3. The van der Waals surface area contributed by atoms with Crippen molar-refractivity contribution in [1.29, 1.82) is 0 Å². The molecule has 0 aliphatic rings. The maximum absolute atomic E-state index is 13.6. The normalized spacial score (nSPS) is 12.2. The van der Waals surface area contributed by atoms with Crippen LogP contribution in [0, 0.1) is 12.7 Å². The van der Waals surface area contributed by atoms with E-state index in [2.05, 4.69) is 26.3 Å². The van der Waals surface area contributed by atoms with Gasteiger partial charge in [-0.15, -0.1) is 0 Å². The third kappa shape index (κ3) is 2.90. The summed E-state index contributed by atoms with van der Waals surface area (Å²) in [6, 6.07) is 4.95. The zero-order valence-corrected chi connectivity index (χ0v) is 13.0. The summed E-state index contributed by atoms with van der Waals surface area (Å²) in [4.78, 5) is 11.8. The highest BCUT2D eigenvalue weighted by molar-refractivity contribution is 9.10. The maximum atomic E-state index is 13.6. The number of nitrogens with one attached hydrogen (secondary N) is 1. The molecule has 20 heavy (non-hydrogen) atoms. The summed E-state index contributed by atoms with van der Waals surface area (Å²) in [6.45, 7) is 3.62. The summed E-state index contributed by atoms with van der Waals surface area (Å²) in [5.41, 5.74) is 1.77. The highest BCUT2D eigenvalue weighted by Crippen LogP contribution is 2.24. The predicted octanol–water partition coefficient (Wildman–Crippen LogP) is 3.16. The van der Waals surface area contributed by atoms with Crippen molar-refractivity contribution in [3.63, 3.8) is 0 Å². The van der Waals surface area contributed by atoms with Crippen molar-refractivity contribution in [3.05, 3.63) is 56.2 Å². The van der Waals surface area contributed by atoms with Crippen LogP contribution >= 0.6 is 15.9 Å². The fourth-order valence-corrected chi connectivity index (χ4v) is 2.28. The SMILES string of the molecule is Cc1ccc(C(C)Nc2cnn(C)c(=O)c2Br)cc1F. The van der Waals surface area contributed by atoms with E-state index in [0.29, 0.717) is 15.7 Å². The summed E-state index contributed by atoms with van der Waals surface area (Å²) < 4.78 is 15.2. The Labute approximate surface area is 124 Å². The van der Waals surface area contributed by atoms with E-state index in [0.717, 1.165) is 5.56 Å². The molecule has 0 aliphatic heterocycles. The zero-order valence-electron chi connectivity index (χ0n) is 11.4. The van der Waals surface area contributed by atoms with E-state index < -0.39 is 0 Å². The largest absolute Gasteiger partial charge is 0.376 e. The number of aromatic nitrogens is 2. The molecular weight excluding hydrogens is 325 g/mol. The Balaban J connectivity index is 2.28. The summed E-state index contributed by atoms with van der Waals surface area (Å²) >= 11 is 3.25. The molecule has 1 atom stereocenters. The van der Waals surface area contributed by atoms with Gasteiger partial charge in [0, 0.05) is 13.1 Å². The molecule has 1 aromatic heterocycles. The summed E-state index contributed by atoms with van der Waals surface area (Å²) in [5.74, 6) is -0.239. The minimum absolute atomic E-state index is 0.143. The third-order valence-corrected chi connectivity index (χ3v) is 3.91. The van der Waals surface area contributed by atoms with Gasteiger partial charge in [0.05, 0.1) is 11.9 Å². The lowest BCUT2D eigenvalue weighted by atomic mass is 10.1. The van der Waals surface area contributed by atoms with Gasteiger partial charge in [-0.3, -0.25) is 4.79 Å². The Hall–Kier alpha value is -1.69. The average molecular weight is 340 g/mol. The van der Waals surface area contributed by atoms with Crippen LogP contribution in [0.5, 0.6) is 0 Å². The molecule has 2 rings (SSSR count). The van der Waals surface area contributed by atoms with Crippen molar-refractivity contribution >= 4 is 21.6 Å². The van der Waals surface area contributed by atoms with Crippen molar-refractivity contribution in [2.24, 2.45) is 7.05 Å². The number of halogens is 2. The first kappa shape index (κ1) is 14.7. The number of nitrogens with zero attached hydrogens (tertiary/aromatic N) is 2. The highest BCUT2D eigenvalue weighted by atomic mass is 79.9. The molecule has 2 aromatic rings. The van der Waals surface area contributed by atoms with Crippen molar-refractivity contribution in [1.82, 2.24) is 9.78 Å². The molecule has 0 fully saturated rings. The average Bonchev–Trinajstić information content (AvgIpc) is 2.42. The molecule has 1 aromatic carbocycles. The molecule has 1 unspecified atom stereocenters. The second kappa shape index (κ2) is 5.75. The highest BCUT2D eigenvalue weighted by Gasteiger charge is 2.12. The predicted molar refractivity (Wildman–Crippen MR) is 80.4 cm³/mol. The Morgan fingerprint density at radius 3 is 2.80 bits per heavy atom. The van der Waals surface area contributed by atoms with Crippen LogP contribution in [0.25, 0.3) is 0 Å².